The molecule has 7 aromatic rings. The van der Waals surface area contributed by atoms with Crippen LogP contribution in [0.1, 0.15) is 5.69 Å². The third kappa shape index (κ3) is 4.30. The number of aromatic nitrogens is 5. The highest BCUT2D eigenvalue weighted by Crippen LogP contribution is 2.33. The molecule has 0 unspecified atom stereocenters. The van der Waals surface area contributed by atoms with Gasteiger partial charge in [-0.15, -0.1) is 0 Å². The average Bonchev–Trinajstić information content (AvgIpc) is 3.01. The normalized spacial score (nSPS) is 11.2. The number of benzene rings is 4. The maximum absolute atomic E-state index is 5.10. The highest BCUT2D eigenvalue weighted by Gasteiger charge is 2.15. The van der Waals surface area contributed by atoms with Gasteiger partial charge in [-0.1, -0.05) is 109 Å². The van der Waals surface area contributed by atoms with Crippen LogP contribution in [0.4, 0.5) is 0 Å². The Morgan fingerprint density at radius 2 is 0.974 bits per heavy atom. The lowest BCUT2D eigenvalue weighted by atomic mass is 9.99. The first-order chi connectivity index (χ1) is 19.2. The summed E-state index contributed by atoms with van der Waals surface area (Å²) in [4.78, 5) is 24.6. The van der Waals surface area contributed by atoms with Gasteiger partial charge in [-0.05, 0) is 30.2 Å². The van der Waals surface area contributed by atoms with E-state index in [9.17, 15) is 0 Å². The molecule has 184 valence electrons. The smallest absolute Gasteiger partial charge is 0.182 e. The zero-order valence-corrected chi connectivity index (χ0v) is 21.3. The molecule has 0 radical (unpaired) electrons. The Bertz CT molecular complexity index is 1900. The quantitative estimate of drug-likeness (QED) is 0.229. The van der Waals surface area contributed by atoms with E-state index in [1.807, 2.05) is 79.7 Å². The molecule has 0 atom stereocenters. The van der Waals surface area contributed by atoms with E-state index in [1.54, 1.807) is 0 Å². The minimum atomic E-state index is 0.526. The van der Waals surface area contributed by atoms with Crippen molar-refractivity contribution < 1.29 is 0 Å². The van der Waals surface area contributed by atoms with Crippen molar-refractivity contribution >= 4 is 21.8 Å². The van der Waals surface area contributed by atoms with Gasteiger partial charge in [0.25, 0.3) is 0 Å². The lowest BCUT2D eigenvalue weighted by Gasteiger charge is -2.11. The maximum atomic E-state index is 5.10. The number of aryl methyl sites for hydroxylation is 1. The Kier molecular flexibility index (Phi) is 5.60. The van der Waals surface area contributed by atoms with Gasteiger partial charge in [0.1, 0.15) is 5.69 Å². The molecule has 0 saturated carbocycles. The first-order valence-electron chi connectivity index (χ1n) is 12.9. The summed E-state index contributed by atoms with van der Waals surface area (Å²) in [5.41, 5.74) is 7.47. The molecule has 0 spiro atoms. The Labute approximate surface area is 225 Å². The van der Waals surface area contributed by atoms with Crippen LogP contribution in [0.25, 0.3) is 67.2 Å². The first kappa shape index (κ1) is 22.9. The molecule has 5 heteroatoms. The van der Waals surface area contributed by atoms with Crippen molar-refractivity contribution in [1.29, 1.82) is 0 Å². The highest BCUT2D eigenvalue weighted by molar-refractivity contribution is 6.08. The molecule has 0 amide bonds. The Morgan fingerprint density at radius 3 is 1.59 bits per heavy atom. The average molecular weight is 502 g/mol. The topological polar surface area (TPSA) is 64.5 Å². The number of hydrogen-bond acceptors (Lipinski definition) is 5. The number of hydrogen-bond donors (Lipinski definition) is 0. The van der Waals surface area contributed by atoms with Crippen molar-refractivity contribution in [2.45, 2.75) is 6.92 Å². The van der Waals surface area contributed by atoms with Gasteiger partial charge in [0, 0.05) is 27.6 Å². The molecular formula is C34H23N5. The van der Waals surface area contributed by atoms with Crippen LogP contribution in [0.5, 0.6) is 0 Å². The molecule has 5 nitrogen and oxygen atoms in total. The van der Waals surface area contributed by atoms with E-state index in [-0.39, 0.29) is 0 Å². The van der Waals surface area contributed by atoms with Crippen LogP contribution in [-0.4, -0.2) is 24.9 Å². The predicted molar refractivity (Wildman–Crippen MR) is 157 cm³/mol. The van der Waals surface area contributed by atoms with Gasteiger partial charge in [-0.3, -0.25) is 4.98 Å². The van der Waals surface area contributed by atoms with E-state index in [1.165, 1.54) is 0 Å². The zero-order chi connectivity index (χ0) is 26.2. The fourth-order valence-corrected chi connectivity index (χ4v) is 4.90. The molecule has 0 N–H and O–H groups in total. The number of pyridine rings is 2. The monoisotopic (exact) mass is 501 g/mol. The van der Waals surface area contributed by atoms with Crippen LogP contribution >= 0.6 is 0 Å². The van der Waals surface area contributed by atoms with Crippen LogP contribution in [-0.2, 0) is 0 Å². The summed E-state index contributed by atoms with van der Waals surface area (Å²) >= 11 is 0. The molecule has 0 aliphatic rings. The maximum Gasteiger partial charge on any atom is 0.182 e. The van der Waals surface area contributed by atoms with E-state index in [0.29, 0.717) is 23.2 Å². The largest absolute Gasteiger partial charge is 0.251 e. The number of rotatable bonds is 4. The van der Waals surface area contributed by atoms with Crippen molar-refractivity contribution in [1.82, 2.24) is 24.9 Å². The van der Waals surface area contributed by atoms with E-state index in [4.69, 9.17) is 24.9 Å². The zero-order valence-electron chi connectivity index (χ0n) is 21.3. The van der Waals surface area contributed by atoms with Crippen LogP contribution in [0.15, 0.2) is 121 Å². The minimum absolute atomic E-state index is 0.526. The third-order valence-corrected chi connectivity index (χ3v) is 6.78. The molecular weight excluding hydrogens is 478 g/mol. The second-order valence-electron chi connectivity index (χ2n) is 9.45. The predicted octanol–water partition coefficient (Wildman–Crippen LogP) is 7.94. The lowest BCUT2D eigenvalue weighted by molar-refractivity contribution is 1.06. The Balaban J connectivity index is 1.46. The summed E-state index contributed by atoms with van der Waals surface area (Å²) in [5.74, 6) is 1.75. The van der Waals surface area contributed by atoms with E-state index >= 15 is 0 Å². The van der Waals surface area contributed by atoms with Gasteiger partial charge < -0.3 is 0 Å². The van der Waals surface area contributed by atoms with Crippen molar-refractivity contribution in [3.63, 3.8) is 0 Å². The summed E-state index contributed by atoms with van der Waals surface area (Å²) in [5, 5.41) is 2.08. The molecule has 7 rings (SSSR count). The van der Waals surface area contributed by atoms with Crippen molar-refractivity contribution in [2.24, 2.45) is 0 Å². The molecule has 3 heterocycles. The van der Waals surface area contributed by atoms with Crippen molar-refractivity contribution in [2.75, 3.05) is 0 Å². The Hall–Kier alpha value is -5.29. The summed E-state index contributed by atoms with van der Waals surface area (Å²) < 4.78 is 0. The fourth-order valence-electron chi connectivity index (χ4n) is 4.90. The molecule has 0 aliphatic carbocycles. The molecule has 39 heavy (non-hydrogen) atoms. The molecule has 3 aromatic heterocycles. The van der Waals surface area contributed by atoms with E-state index in [2.05, 4.69) is 48.5 Å². The summed E-state index contributed by atoms with van der Waals surface area (Å²) in [7, 11) is 0. The third-order valence-electron chi connectivity index (χ3n) is 6.78. The second kappa shape index (κ2) is 9.54. The van der Waals surface area contributed by atoms with Crippen molar-refractivity contribution in [3.05, 3.63) is 127 Å². The van der Waals surface area contributed by atoms with Gasteiger partial charge in [0.2, 0.25) is 0 Å². The van der Waals surface area contributed by atoms with Crippen LogP contribution < -0.4 is 0 Å². The fraction of sp³-hybridized carbons (Fsp3) is 0.0294. The molecule has 4 aromatic carbocycles. The van der Waals surface area contributed by atoms with Crippen molar-refractivity contribution in [3.8, 4) is 45.4 Å². The van der Waals surface area contributed by atoms with Gasteiger partial charge in [-0.25, -0.2) is 19.9 Å². The standard InChI is InChI=1S/C34H23N5/c1-22-21-28(23-11-5-2-6-12-23)27-19-17-24-18-20-29(36-30(24)31(27)35-22)34-38-32(25-13-7-3-8-14-25)37-33(39-34)26-15-9-4-10-16-26/h2-21H,1H3. The molecule has 0 aliphatic heterocycles. The highest BCUT2D eigenvalue weighted by atomic mass is 15.0. The number of nitrogens with zero attached hydrogens (tertiary/aromatic N) is 5. The van der Waals surface area contributed by atoms with E-state index in [0.717, 1.165) is 49.8 Å². The van der Waals surface area contributed by atoms with E-state index < -0.39 is 0 Å². The van der Waals surface area contributed by atoms with Crippen LogP contribution in [0.3, 0.4) is 0 Å². The first-order valence-corrected chi connectivity index (χ1v) is 12.9. The molecule has 0 bridgehead atoms. The molecule has 0 saturated heterocycles. The summed E-state index contributed by atoms with van der Waals surface area (Å²) in [6.45, 7) is 2.03. The molecule has 0 fully saturated rings. The Morgan fingerprint density at radius 1 is 0.436 bits per heavy atom. The number of fused-ring (bicyclic) bond motifs is 3. The van der Waals surface area contributed by atoms with Crippen LogP contribution in [0, 0.1) is 6.92 Å². The second-order valence-corrected chi connectivity index (χ2v) is 9.45. The summed E-state index contributed by atoms with van der Waals surface area (Å²) in [6, 6.07) is 40.8. The summed E-state index contributed by atoms with van der Waals surface area (Å²) in [6.07, 6.45) is 0. The lowest BCUT2D eigenvalue weighted by Crippen LogP contribution is -2.01. The minimum Gasteiger partial charge on any atom is -0.251 e. The van der Waals surface area contributed by atoms with Gasteiger partial charge in [0.15, 0.2) is 17.5 Å². The SMILES string of the molecule is Cc1cc(-c2ccccc2)c2ccc3ccc(-c4nc(-c5ccccc5)nc(-c5ccccc5)n4)nc3c2n1. The van der Waals surface area contributed by atoms with Crippen LogP contribution in [0.2, 0.25) is 0 Å². The van der Waals surface area contributed by atoms with Gasteiger partial charge in [-0.2, -0.15) is 0 Å². The van der Waals surface area contributed by atoms with Gasteiger partial charge >= 0.3 is 0 Å². The van der Waals surface area contributed by atoms with Gasteiger partial charge in [0.05, 0.1) is 11.0 Å².